The van der Waals surface area contributed by atoms with Crippen LogP contribution in [-0.4, -0.2) is 23.0 Å². The number of cyclic esters (lactones) is 2. The summed E-state index contributed by atoms with van der Waals surface area (Å²) in [7, 11) is 0. The monoisotopic (exact) mass is 226 g/mol. The Bertz CT molecular complexity index is 505. The summed E-state index contributed by atoms with van der Waals surface area (Å²) in [4.78, 5) is 33.1. The molecule has 0 aliphatic carbocycles. The number of carbonyl (C=O) groups is 3. The molecule has 1 N–H and O–H groups in total. The number of rotatable bonds is 1. The minimum Gasteiger partial charge on any atom is -0.478 e. The predicted molar refractivity (Wildman–Crippen MR) is 48.2 cm³/mol. The smallest absolute Gasteiger partial charge is 0.348 e. The zero-order chi connectivity index (χ0) is 11.2. The molecule has 0 aromatic heterocycles. The van der Waals surface area contributed by atoms with E-state index in [2.05, 4.69) is 4.74 Å². The lowest BCUT2D eigenvalue weighted by molar-refractivity contribution is 0.0378. The van der Waals surface area contributed by atoms with Crippen molar-refractivity contribution in [3.05, 3.63) is 33.8 Å². The number of esters is 2. The Hall–Kier alpha value is -1.88. The van der Waals surface area contributed by atoms with Gasteiger partial charge in [-0.25, -0.2) is 14.4 Å². The normalized spacial score (nSPS) is 13.7. The first kappa shape index (κ1) is 9.67. The number of ether oxygens (including phenoxy) is 1. The molecule has 1 heterocycles. The second kappa shape index (κ2) is 3.06. The van der Waals surface area contributed by atoms with E-state index in [-0.39, 0.29) is 21.7 Å². The van der Waals surface area contributed by atoms with Gasteiger partial charge in [-0.3, -0.25) is 0 Å². The van der Waals surface area contributed by atoms with Crippen LogP contribution in [0.5, 0.6) is 0 Å². The molecule has 1 aliphatic rings. The molecule has 0 spiro atoms. The van der Waals surface area contributed by atoms with Crippen LogP contribution in [0, 0.1) is 0 Å². The molecule has 0 radical (unpaired) electrons. The van der Waals surface area contributed by atoms with Gasteiger partial charge in [0.2, 0.25) is 0 Å². The quantitative estimate of drug-likeness (QED) is 0.577. The maximum Gasteiger partial charge on any atom is 0.348 e. The van der Waals surface area contributed by atoms with E-state index in [4.69, 9.17) is 16.7 Å². The molecule has 0 saturated carbocycles. The molecule has 15 heavy (non-hydrogen) atoms. The van der Waals surface area contributed by atoms with E-state index in [0.29, 0.717) is 0 Å². The predicted octanol–water partition coefficient (Wildman–Crippen LogP) is 1.35. The van der Waals surface area contributed by atoms with Gasteiger partial charge in [-0.15, -0.1) is 0 Å². The molecule has 6 heteroatoms. The van der Waals surface area contributed by atoms with Crippen LogP contribution in [0.3, 0.4) is 0 Å². The van der Waals surface area contributed by atoms with E-state index >= 15 is 0 Å². The van der Waals surface area contributed by atoms with Gasteiger partial charge in [-0.05, 0) is 12.1 Å². The number of carboxylic acid groups (broad SMARTS) is 1. The van der Waals surface area contributed by atoms with Crippen LogP contribution in [0.1, 0.15) is 31.1 Å². The van der Waals surface area contributed by atoms with E-state index in [1.165, 1.54) is 6.07 Å². The summed E-state index contributed by atoms with van der Waals surface area (Å²) in [5.74, 6) is -3.20. The summed E-state index contributed by atoms with van der Waals surface area (Å²) in [6.07, 6.45) is 0. The standard InChI is InChI=1S/C9H3ClO5/c10-6-4-2-1-3(7(11)12)5(6)9(14)15-8(4)13/h1-2H,(H,11,12). The fourth-order valence-corrected chi connectivity index (χ4v) is 1.62. The molecule has 1 aromatic carbocycles. The Kier molecular flexibility index (Phi) is 1.97. The van der Waals surface area contributed by atoms with Crippen molar-refractivity contribution in [3.8, 4) is 0 Å². The van der Waals surface area contributed by atoms with E-state index in [9.17, 15) is 14.4 Å². The molecule has 0 atom stereocenters. The second-order valence-electron chi connectivity index (χ2n) is 2.83. The molecular formula is C9H3ClO5. The number of aromatic carboxylic acids is 1. The van der Waals surface area contributed by atoms with Crippen molar-refractivity contribution in [1.29, 1.82) is 0 Å². The summed E-state index contributed by atoms with van der Waals surface area (Å²) in [6.45, 7) is 0. The van der Waals surface area contributed by atoms with Gasteiger partial charge in [0, 0.05) is 0 Å². The zero-order valence-electron chi connectivity index (χ0n) is 7.11. The average molecular weight is 227 g/mol. The first-order valence-electron chi connectivity index (χ1n) is 3.84. The summed E-state index contributed by atoms with van der Waals surface area (Å²) in [6, 6.07) is 2.36. The number of benzene rings is 1. The molecule has 5 nitrogen and oxygen atoms in total. The third kappa shape index (κ3) is 1.28. The maximum atomic E-state index is 11.2. The molecule has 0 fully saturated rings. The highest BCUT2D eigenvalue weighted by Crippen LogP contribution is 2.30. The molecule has 1 aliphatic heterocycles. The molecule has 2 bridgehead atoms. The molecule has 0 amide bonds. The van der Waals surface area contributed by atoms with E-state index in [0.717, 1.165) is 6.07 Å². The van der Waals surface area contributed by atoms with Crippen molar-refractivity contribution in [1.82, 2.24) is 0 Å². The van der Waals surface area contributed by atoms with Gasteiger partial charge >= 0.3 is 17.9 Å². The number of carboxylic acids is 1. The van der Waals surface area contributed by atoms with Crippen LogP contribution < -0.4 is 0 Å². The number of hydrogen-bond donors (Lipinski definition) is 1. The SMILES string of the molecule is O=C1OC(=O)c2c(C(=O)O)ccc1c2Cl. The first-order chi connectivity index (χ1) is 7.02. The number of halogens is 1. The van der Waals surface area contributed by atoms with Crippen LogP contribution in [0.25, 0.3) is 0 Å². The highest BCUT2D eigenvalue weighted by atomic mass is 35.5. The van der Waals surface area contributed by atoms with Gasteiger partial charge in [0.05, 0.1) is 21.7 Å². The Balaban J connectivity index is 2.79. The Morgan fingerprint density at radius 2 is 1.93 bits per heavy atom. The third-order valence-electron chi connectivity index (χ3n) is 1.98. The van der Waals surface area contributed by atoms with Gasteiger partial charge in [0.15, 0.2) is 0 Å². The van der Waals surface area contributed by atoms with Gasteiger partial charge in [-0.1, -0.05) is 11.6 Å². The molecule has 2 rings (SSSR count). The van der Waals surface area contributed by atoms with E-state index in [1.807, 2.05) is 0 Å². The van der Waals surface area contributed by atoms with Crippen molar-refractivity contribution in [2.45, 2.75) is 0 Å². The van der Waals surface area contributed by atoms with E-state index < -0.39 is 17.9 Å². The van der Waals surface area contributed by atoms with Crippen LogP contribution in [0.15, 0.2) is 12.1 Å². The summed E-state index contributed by atoms with van der Waals surface area (Å²) in [5, 5.41) is 8.60. The molecular weight excluding hydrogens is 224 g/mol. The van der Waals surface area contributed by atoms with Crippen molar-refractivity contribution < 1.29 is 24.2 Å². The first-order valence-corrected chi connectivity index (χ1v) is 4.22. The number of carbonyl (C=O) groups excluding carboxylic acids is 2. The molecule has 76 valence electrons. The summed E-state index contributed by atoms with van der Waals surface area (Å²) < 4.78 is 4.31. The van der Waals surface area contributed by atoms with Gasteiger partial charge in [-0.2, -0.15) is 0 Å². The van der Waals surface area contributed by atoms with Gasteiger partial charge < -0.3 is 9.84 Å². The minimum atomic E-state index is -1.30. The van der Waals surface area contributed by atoms with Crippen LogP contribution >= 0.6 is 11.6 Å². The third-order valence-corrected chi connectivity index (χ3v) is 2.37. The molecule has 0 saturated heterocycles. The summed E-state index contributed by atoms with van der Waals surface area (Å²) in [5.41, 5.74) is -0.557. The topological polar surface area (TPSA) is 80.7 Å². The van der Waals surface area contributed by atoms with Gasteiger partial charge in [0.1, 0.15) is 0 Å². The molecule has 1 aromatic rings. The lowest BCUT2D eigenvalue weighted by Crippen LogP contribution is -2.23. The van der Waals surface area contributed by atoms with Crippen molar-refractivity contribution >= 4 is 29.5 Å². The number of fused-ring (bicyclic) bond motifs is 2. The number of hydrogen-bond acceptors (Lipinski definition) is 4. The Labute approximate surface area is 88.2 Å². The van der Waals surface area contributed by atoms with Crippen LogP contribution in [-0.2, 0) is 4.74 Å². The van der Waals surface area contributed by atoms with Crippen molar-refractivity contribution in [2.24, 2.45) is 0 Å². The second-order valence-corrected chi connectivity index (χ2v) is 3.21. The largest absolute Gasteiger partial charge is 0.478 e. The van der Waals surface area contributed by atoms with E-state index in [1.54, 1.807) is 0 Å². The Morgan fingerprint density at radius 1 is 1.27 bits per heavy atom. The highest BCUT2D eigenvalue weighted by molar-refractivity contribution is 6.39. The fraction of sp³-hybridized carbons (Fsp3) is 0. The van der Waals surface area contributed by atoms with Crippen molar-refractivity contribution in [2.75, 3.05) is 0 Å². The highest BCUT2D eigenvalue weighted by Gasteiger charge is 2.32. The summed E-state index contributed by atoms with van der Waals surface area (Å²) >= 11 is 5.70. The molecule has 0 unspecified atom stereocenters. The average Bonchev–Trinajstić information content (AvgIpc) is 2.13. The maximum absolute atomic E-state index is 11.2. The Morgan fingerprint density at radius 3 is 2.53 bits per heavy atom. The minimum absolute atomic E-state index is 0.00346. The fourth-order valence-electron chi connectivity index (χ4n) is 1.30. The van der Waals surface area contributed by atoms with Gasteiger partial charge in [0.25, 0.3) is 0 Å². The lowest BCUT2D eigenvalue weighted by atomic mass is 10.0. The van der Waals surface area contributed by atoms with Crippen LogP contribution in [0.4, 0.5) is 0 Å². The van der Waals surface area contributed by atoms with Crippen LogP contribution in [0.2, 0.25) is 5.02 Å². The van der Waals surface area contributed by atoms with Crippen molar-refractivity contribution in [3.63, 3.8) is 0 Å². The zero-order valence-corrected chi connectivity index (χ0v) is 7.87. The lowest BCUT2D eigenvalue weighted by Gasteiger charge is -2.15.